The van der Waals surface area contributed by atoms with Crippen molar-refractivity contribution >= 4 is 16.8 Å². The van der Waals surface area contributed by atoms with Crippen molar-refractivity contribution < 1.29 is 4.79 Å². The molecule has 0 spiro atoms. The molecule has 0 bridgehead atoms. The van der Waals surface area contributed by atoms with Crippen molar-refractivity contribution in [1.82, 2.24) is 15.5 Å². The van der Waals surface area contributed by atoms with Crippen LogP contribution in [0.3, 0.4) is 0 Å². The number of aromatic nitrogens is 2. The van der Waals surface area contributed by atoms with E-state index in [4.69, 9.17) is 0 Å². The van der Waals surface area contributed by atoms with Crippen molar-refractivity contribution in [2.24, 2.45) is 0 Å². The number of fused-ring (bicyclic) bond motifs is 1. The summed E-state index contributed by atoms with van der Waals surface area (Å²) in [6.45, 7) is 2.69. The van der Waals surface area contributed by atoms with Crippen LogP contribution in [0.2, 0.25) is 0 Å². The molecule has 1 amide bonds. The predicted octanol–water partition coefficient (Wildman–Crippen LogP) is 1.77. The van der Waals surface area contributed by atoms with E-state index in [1.165, 1.54) is 6.20 Å². The molecule has 0 saturated carbocycles. The molecule has 0 fully saturated rings. The third-order valence-corrected chi connectivity index (χ3v) is 2.33. The van der Waals surface area contributed by atoms with Gasteiger partial charge in [0.25, 0.3) is 5.91 Å². The minimum atomic E-state index is -0.0899. The predicted molar refractivity (Wildman–Crippen MR) is 62.2 cm³/mol. The summed E-state index contributed by atoms with van der Waals surface area (Å²) in [5, 5.41) is 11.5. The van der Waals surface area contributed by atoms with Crippen LogP contribution in [0.15, 0.2) is 30.5 Å². The van der Waals surface area contributed by atoms with Crippen LogP contribution in [0.4, 0.5) is 0 Å². The van der Waals surface area contributed by atoms with Crippen molar-refractivity contribution in [3.8, 4) is 0 Å². The van der Waals surface area contributed by atoms with Gasteiger partial charge in [0.2, 0.25) is 0 Å². The maximum absolute atomic E-state index is 11.8. The second-order valence-electron chi connectivity index (χ2n) is 3.53. The summed E-state index contributed by atoms with van der Waals surface area (Å²) >= 11 is 0. The van der Waals surface area contributed by atoms with Gasteiger partial charge in [0.15, 0.2) is 0 Å². The Bertz CT molecular complexity index is 505. The van der Waals surface area contributed by atoms with Gasteiger partial charge < -0.3 is 5.32 Å². The summed E-state index contributed by atoms with van der Waals surface area (Å²) in [4.78, 5) is 11.8. The minimum Gasteiger partial charge on any atom is -0.352 e. The number of carbonyl (C=O) groups is 1. The van der Waals surface area contributed by atoms with Gasteiger partial charge in [-0.15, -0.1) is 0 Å². The maximum atomic E-state index is 11.8. The van der Waals surface area contributed by atoms with E-state index in [1.54, 1.807) is 0 Å². The first-order chi connectivity index (χ1) is 7.83. The normalized spacial score (nSPS) is 10.3. The lowest BCUT2D eigenvalue weighted by Crippen LogP contribution is -2.24. The summed E-state index contributed by atoms with van der Waals surface area (Å²) < 4.78 is 0. The first-order valence-corrected chi connectivity index (χ1v) is 5.31. The molecule has 16 heavy (non-hydrogen) atoms. The lowest BCUT2D eigenvalue weighted by Gasteiger charge is -2.05. The Morgan fingerprint density at radius 1 is 1.38 bits per heavy atom. The molecule has 0 saturated heterocycles. The van der Waals surface area contributed by atoms with Gasteiger partial charge in [-0.05, 0) is 12.5 Å². The Labute approximate surface area is 93.7 Å². The third-order valence-electron chi connectivity index (χ3n) is 2.33. The summed E-state index contributed by atoms with van der Waals surface area (Å²) in [5.74, 6) is -0.0899. The third kappa shape index (κ3) is 2.00. The molecule has 2 aromatic rings. The average molecular weight is 215 g/mol. The van der Waals surface area contributed by atoms with E-state index in [9.17, 15) is 4.79 Å². The highest BCUT2D eigenvalue weighted by Gasteiger charge is 2.09. The molecular weight excluding hydrogens is 202 g/mol. The molecule has 0 aliphatic heterocycles. The van der Waals surface area contributed by atoms with Gasteiger partial charge in [-0.2, -0.15) is 10.2 Å². The molecule has 1 N–H and O–H groups in total. The molecule has 82 valence electrons. The Hall–Kier alpha value is -1.97. The highest BCUT2D eigenvalue weighted by atomic mass is 16.1. The molecule has 1 aromatic carbocycles. The van der Waals surface area contributed by atoms with E-state index >= 15 is 0 Å². The molecule has 4 heteroatoms. The number of nitrogens with zero attached hydrogens (tertiary/aromatic N) is 2. The molecule has 1 aromatic heterocycles. The van der Waals surface area contributed by atoms with E-state index in [2.05, 4.69) is 15.5 Å². The van der Waals surface area contributed by atoms with Gasteiger partial charge in [0, 0.05) is 11.9 Å². The molecule has 0 aliphatic carbocycles. The van der Waals surface area contributed by atoms with E-state index in [1.807, 2.05) is 31.2 Å². The molecule has 2 rings (SSSR count). The number of hydrogen-bond donors (Lipinski definition) is 1. The number of rotatable bonds is 3. The topological polar surface area (TPSA) is 54.9 Å². The summed E-state index contributed by atoms with van der Waals surface area (Å²) in [7, 11) is 0. The highest BCUT2D eigenvalue weighted by molar-refractivity contribution is 6.05. The number of nitrogens with one attached hydrogen (secondary N) is 1. The van der Waals surface area contributed by atoms with Gasteiger partial charge in [-0.3, -0.25) is 4.79 Å². The molecule has 0 aliphatic rings. The first-order valence-electron chi connectivity index (χ1n) is 5.31. The largest absolute Gasteiger partial charge is 0.352 e. The Morgan fingerprint density at radius 3 is 3.00 bits per heavy atom. The summed E-state index contributed by atoms with van der Waals surface area (Å²) in [6, 6.07) is 7.50. The lowest BCUT2D eigenvalue weighted by atomic mass is 10.1. The smallest absolute Gasteiger partial charge is 0.253 e. The van der Waals surface area contributed by atoms with E-state index in [-0.39, 0.29) is 5.91 Å². The van der Waals surface area contributed by atoms with Gasteiger partial charge in [-0.25, -0.2) is 0 Å². The van der Waals surface area contributed by atoms with Gasteiger partial charge in [0.05, 0.1) is 17.3 Å². The van der Waals surface area contributed by atoms with Crippen molar-refractivity contribution in [3.63, 3.8) is 0 Å². The van der Waals surface area contributed by atoms with Crippen LogP contribution in [0.1, 0.15) is 23.7 Å². The van der Waals surface area contributed by atoms with Crippen LogP contribution in [0.25, 0.3) is 10.9 Å². The fraction of sp³-hybridized carbons (Fsp3) is 0.250. The molecule has 4 nitrogen and oxygen atoms in total. The molecule has 0 radical (unpaired) electrons. The van der Waals surface area contributed by atoms with Gasteiger partial charge >= 0.3 is 0 Å². The van der Waals surface area contributed by atoms with Crippen LogP contribution in [-0.4, -0.2) is 22.6 Å². The standard InChI is InChI=1S/C12H13N3O/c1-2-7-13-12(16)10-8-14-15-11-6-4-3-5-9(10)11/h3-6,8H,2,7H2,1H3,(H,13,16). The number of amides is 1. The summed E-state index contributed by atoms with van der Waals surface area (Å²) in [6.07, 6.45) is 2.43. The molecule has 1 heterocycles. The Balaban J connectivity index is 2.40. The van der Waals surface area contributed by atoms with Gasteiger partial charge in [0.1, 0.15) is 0 Å². The zero-order valence-electron chi connectivity index (χ0n) is 9.10. The minimum absolute atomic E-state index is 0.0899. The number of carbonyl (C=O) groups excluding carboxylic acids is 1. The lowest BCUT2D eigenvalue weighted by molar-refractivity contribution is 0.0955. The van der Waals surface area contributed by atoms with Crippen LogP contribution in [0, 0.1) is 0 Å². The van der Waals surface area contributed by atoms with E-state index < -0.39 is 0 Å². The monoisotopic (exact) mass is 215 g/mol. The van der Waals surface area contributed by atoms with Crippen molar-refractivity contribution in [1.29, 1.82) is 0 Å². The average Bonchev–Trinajstić information content (AvgIpc) is 2.35. The van der Waals surface area contributed by atoms with Crippen LogP contribution in [0.5, 0.6) is 0 Å². The second-order valence-corrected chi connectivity index (χ2v) is 3.53. The number of hydrogen-bond acceptors (Lipinski definition) is 3. The van der Waals surface area contributed by atoms with Gasteiger partial charge in [-0.1, -0.05) is 25.1 Å². The molecular formula is C12H13N3O. The fourth-order valence-corrected chi connectivity index (χ4v) is 1.52. The van der Waals surface area contributed by atoms with Crippen LogP contribution in [-0.2, 0) is 0 Å². The quantitative estimate of drug-likeness (QED) is 0.848. The van der Waals surface area contributed by atoms with Crippen molar-refractivity contribution in [2.75, 3.05) is 6.54 Å². The first kappa shape index (κ1) is 10.5. The molecule has 0 unspecified atom stereocenters. The number of benzene rings is 1. The van der Waals surface area contributed by atoms with Crippen LogP contribution < -0.4 is 5.32 Å². The Morgan fingerprint density at radius 2 is 2.19 bits per heavy atom. The van der Waals surface area contributed by atoms with E-state index in [0.29, 0.717) is 12.1 Å². The van der Waals surface area contributed by atoms with Crippen molar-refractivity contribution in [3.05, 3.63) is 36.0 Å². The fourth-order valence-electron chi connectivity index (χ4n) is 1.52. The maximum Gasteiger partial charge on any atom is 0.253 e. The zero-order valence-corrected chi connectivity index (χ0v) is 9.10. The second kappa shape index (κ2) is 4.70. The van der Waals surface area contributed by atoms with E-state index in [0.717, 1.165) is 17.3 Å². The SMILES string of the molecule is CCCNC(=O)c1cnnc2ccccc12. The van der Waals surface area contributed by atoms with Crippen LogP contribution >= 0.6 is 0 Å². The zero-order chi connectivity index (χ0) is 11.4. The van der Waals surface area contributed by atoms with Crippen molar-refractivity contribution in [2.45, 2.75) is 13.3 Å². The Kier molecular flexibility index (Phi) is 3.10. The molecule has 0 atom stereocenters. The summed E-state index contributed by atoms with van der Waals surface area (Å²) in [5.41, 5.74) is 1.32. The highest BCUT2D eigenvalue weighted by Crippen LogP contribution is 2.14.